The van der Waals surface area contributed by atoms with Crippen molar-refractivity contribution in [2.75, 3.05) is 0 Å². The third-order valence-electron chi connectivity index (χ3n) is 27.9. The maximum atomic E-state index is 11.9. The average molecular weight is 1700 g/mol. The molecule has 0 amide bonds. The van der Waals surface area contributed by atoms with Crippen LogP contribution in [0.4, 0.5) is 0 Å². The molecule has 674 valence electrons. The standard InChI is InChI=1S/C22H30O4.C21H28O4.C21H30O2.C20H26O4.C18H22O4.2CH4.2B/c1-5-6-7-8-14-12-17-19(20(23)18(14)21(24)25)15-11-13(2)9-10-16(15)22(3,4)26-17;1-5-6-7-13-11-16-18(19(22)17(13)20(23)24)14-10-12(2)8-9-15(14)21(3,4)25-16;1-5-6-7-8-15-12-18(22)20-16-11-14(2)9-10-17(16)21(3,4)23-19(20)13-15;1-5-6-12-10-15-17(18(21)16(12)19(22)23)13-9-11(2)7-8-14(13)20(3,4)24-15;1-9-5-6-12-11(7-9)15-13(22-18(12,3)4)8-10(2)14(16(15)19)17(20)21;;;;/h9,12,15-16,23H,5-8,10-11H2,1-4H3,(H,24,25);10-11,14-15,22H,5-9H2,1-4H3,(H,23,24);9,12-13,16-17,22H,5-8,10-11H2,1-4H3;9-10,13-14,21H,5-8H2,1-4H3,(H,22,23);7-8,11-12,19H,5-6H2,1-4H3,(H,20,21);2*1H4;;/t15-,16-;14-,15-;16-,17-;13-,14-;11-,12-;;;;/m11111..../s1. The molecule has 10 atom stereocenters. The van der Waals surface area contributed by atoms with Gasteiger partial charge in [-0.15, -0.1) is 0 Å². The number of aromatic hydroxyl groups is 5. The number of aryl methyl sites for hydroxylation is 5. The summed E-state index contributed by atoms with van der Waals surface area (Å²) in [6.07, 6.45) is 33.1. The fourth-order valence-corrected chi connectivity index (χ4v) is 21.7. The predicted molar refractivity (Wildman–Crippen MR) is 497 cm³/mol. The minimum atomic E-state index is -1.10. The van der Waals surface area contributed by atoms with Gasteiger partial charge in [-0.1, -0.05) is 139 Å². The number of ether oxygens (including phenoxy) is 5. The first kappa shape index (κ1) is 102. The molecule has 15 rings (SSSR count). The van der Waals surface area contributed by atoms with Crippen molar-refractivity contribution in [3.8, 4) is 57.5 Å². The quantitative estimate of drug-likeness (QED) is 0.0237. The second-order valence-corrected chi connectivity index (χ2v) is 38.8. The summed E-state index contributed by atoms with van der Waals surface area (Å²) in [5, 5.41) is 92.4. The van der Waals surface area contributed by atoms with Crippen molar-refractivity contribution in [3.63, 3.8) is 0 Å². The highest BCUT2D eigenvalue weighted by atomic mass is 16.5. The molecule has 124 heavy (non-hydrogen) atoms. The molecule has 10 aliphatic rings. The number of hydrogen-bond acceptors (Lipinski definition) is 14. The minimum Gasteiger partial charge on any atom is -0.508 e. The van der Waals surface area contributed by atoms with Crippen LogP contribution in [0.1, 0.15) is 395 Å². The highest BCUT2D eigenvalue weighted by Gasteiger charge is 2.52. The molecule has 5 aromatic carbocycles. The summed E-state index contributed by atoms with van der Waals surface area (Å²) in [6, 6.07) is 11.5. The summed E-state index contributed by atoms with van der Waals surface area (Å²) in [4.78, 5) is 46.9. The van der Waals surface area contributed by atoms with E-state index in [1.54, 1.807) is 13.0 Å². The number of carboxylic acid groups (broad SMARTS) is 4. The Hall–Kier alpha value is -9.19. The number of benzene rings is 5. The molecule has 0 saturated carbocycles. The monoisotopic (exact) mass is 1700 g/mol. The summed E-state index contributed by atoms with van der Waals surface area (Å²) >= 11 is 0. The molecule has 0 aromatic heterocycles. The van der Waals surface area contributed by atoms with Crippen LogP contribution >= 0.6 is 0 Å². The van der Waals surface area contributed by atoms with Crippen LogP contribution in [0.5, 0.6) is 57.5 Å². The molecule has 0 bridgehead atoms. The predicted octanol–water partition coefficient (Wildman–Crippen LogP) is 25.4. The van der Waals surface area contributed by atoms with Crippen LogP contribution in [0.3, 0.4) is 0 Å². The van der Waals surface area contributed by atoms with Gasteiger partial charge in [0.2, 0.25) is 0 Å². The van der Waals surface area contributed by atoms with Gasteiger partial charge in [0.25, 0.3) is 0 Å². The largest absolute Gasteiger partial charge is 0.508 e. The number of phenols is 5. The SMILES string of the molecule is C.C.CC1=C[C@H]2c3c(cc(C)c(C(=O)O)c3O)OC(C)(C)[C@@H]2CC1.CCCCCc1cc(O)c2c(c1)OC(C)(C)[C@@H]1CC=C(C)C[C@@H]21.CCCCCc1cc2c(c(O)c1C(=O)O)[C@@H]1CC(C)=CC[C@H]1C(C)(C)O2.CCCCc1cc2c(c(O)c1C(=O)O)[C@@H]1C=C(C)CC[C@H]1C(C)(C)O2.CCCc1cc2c(c(O)c1C(=O)O)[C@@H]1C=C(C)CC[C@H]1C(C)(C)O2.[B].[B]. The number of aromatic carboxylic acids is 4. The fourth-order valence-electron chi connectivity index (χ4n) is 21.7. The highest BCUT2D eigenvalue weighted by Crippen LogP contribution is 2.61. The van der Waals surface area contributed by atoms with Gasteiger partial charge in [0.05, 0.1) is 0 Å². The number of rotatable bonds is 17. The van der Waals surface area contributed by atoms with Gasteiger partial charge in [0.1, 0.15) is 108 Å². The van der Waals surface area contributed by atoms with Gasteiger partial charge in [-0.25, -0.2) is 19.2 Å². The van der Waals surface area contributed by atoms with Gasteiger partial charge in [-0.05, 0) is 284 Å². The first-order valence-electron chi connectivity index (χ1n) is 44.5. The first-order valence-corrected chi connectivity index (χ1v) is 44.5. The van der Waals surface area contributed by atoms with E-state index in [-0.39, 0.29) is 152 Å². The Bertz CT molecular complexity index is 4910. The molecule has 5 aromatic rings. The molecule has 20 heteroatoms. The van der Waals surface area contributed by atoms with E-state index in [0.717, 1.165) is 120 Å². The van der Waals surface area contributed by atoms with Gasteiger partial charge >= 0.3 is 23.9 Å². The van der Waals surface area contributed by atoms with E-state index in [1.807, 2.05) is 31.2 Å². The molecule has 0 fully saturated rings. The van der Waals surface area contributed by atoms with Gasteiger partial charge in [0.15, 0.2) is 0 Å². The van der Waals surface area contributed by atoms with Crippen molar-refractivity contribution >= 4 is 40.7 Å². The zero-order chi connectivity index (χ0) is 87.9. The number of carbonyl (C=O) groups is 4. The molecular formula is C104H144B2O18. The second kappa shape index (κ2) is 40.6. The molecule has 5 aliphatic heterocycles. The first-order chi connectivity index (χ1) is 56.4. The topological polar surface area (TPSA) is 296 Å². The third kappa shape index (κ3) is 20.9. The van der Waals surface area contributed by atoms with Crippen LogP contribution in [0, 0.1) is 36.5 Å². The Morgan fingerprint density at radius 2 is 0.661 bits per heavy atom. The lowest BCUT2D eigenvalue weighted by atomic mass is 9.66. The van der Waals surface area contributed by atoms with E-state index < -0.39 is 23.9 Å². The summed E-state index contributed by atoms with van der Waals surface area (Å²) < 4.78 is 31.3. The Balaban J connectivity index is 0.000000211. The Labute approximate surface area is 743 Å². The minimum absolute atomic E-state index is 0. The van der Waals surface area contributed by atoms with E-state index in [0.29, 0.717) is 104 Å². The lowest BCUT2D eigenvalue weighted by molar-refractivity contribution is 0.00709. The van der Waals surface area contributed by atoms with Crippen LogP contribution < -0.4 is 23.7 Å². The molecule has 6 radical (unpaired) electrons. The van der Waals surface area contributed by atoms with Crippen molar-refractivity contribution in [1.29, 1.82) is 0 Å². The molecule has 0 spiro atoms. The van der Waals surface area contributed by atoms with Crippen LogP contribution in [0.2, 0.25) is 0 Å². The molecule has 0 saturated heterocycles. The van der Waals surface area contributed by atoms with E-state index in [4.69, 9.17) is 23.7 Å². The third-order valence-corrected chi connectivity index (χ3v) is 27.9. The summed E-state index contributed by atoms with van der Waals surface area (Å²) in [5.74, 6) is 1.05. The van der Waals surface area contributed by atoms with E-state index in [2.05, 4.69) is 161 Å². The molecule has 0 unspecified atom stereocenters. The van der Waals surface area contributed by atoms with Crippen molar-refractivity contribution in [2.45, 2.75) is 359 Å². The van der Waals surface area contributed by atoms with Crippen LogP contribution in [-0.2, 0) is 25.7 Å². The van der Waals surface area contributed by atoms with Crippen molar-refractivity contribution < 1.29 is 88.8 Å². The lowest BCUT2D eigenvalue weighted by Gasteiger charge is -2.47. The number of allylic oxidation sites excluding steroid dienone is 10. The Morgan fingerprint density at radius 3 is 1.02 bits per heavy atom. The van der Waals surface area contributed by atoms with Crippen LogP contribution in [0.15, 0.2) is 94.6 Å². The number of hydrogen-bond donors (Lipinski definition) is 9. The van der Waals surface area contributed by atoms with E-state index in [9.17, 15) is 65.1 Å². The Morgan fingerprint density at radius 1 is 0.355 bits per heavy atom. The number of phenolic OH excluding ortho intramolecular Hbond substituents is 1. The van der Waals surface area contributed by atoms with Gasteiger partial charge in [0, 0.05) is 104 Å². The molecule has 5 aliphatic carbocycles. The van der Waals surface area contributed by atoms with Crippen molar-refractivity contribution in [1.82, 2.24) is 0 Å². The van der Waals surface area contributed by atoms with Gasteiger partial charge < -0.3 is 69.6 Å². The summed E-state index contributed by atoms with van der Waals surface area (Å²) in [6.45, 7) is 41.8. The van der Waals surface area contributed by atoms with E-state index in [1.165, 1.54) is 52.7 Å². The maximum Gasteiger partial charge on any atom is 0.339 e. The second-order valence-electron chi connectivity index (χ2n) is 38.8. The summed E-state index contributed by atoms with van der Waals surface area (Å²) in [7, 11) is 0. The Kier molecular flexibility index (Phi) is 33.4. The normalized spacial score (nSPS) is 23.7. The van der Waals surface area contributed by atoms with Crippen LogP contribution in [-0.4, -0.2) is 115 Å². The zero-order valence-electron chi connectivity index (χ0n) is 76.2. The highest BCUT2D eigenvalue weighted by molar-refractivity contribution is 5.96. The lowest BCUT2D eigenvalue weighted by Crippen LogP contribution is -2.45. The van der Waals surface area contributed by atoms with Crippen LogP contribution in [0.25, 0.3) is 0 Å². The molecule has 9 N–H and O–H groups in total. The number of unbranched alkanes of at least 4 members (excludes halogenated alkanes) is 5. The molecular weight excluding hydrogens is 1560 g/mol. The van der Waals surface area contributed by atoms with Crippen molar-refractivity contribution in [2.24, 2.45) is 29.6 Å². The van der Waals surface area contributed by atoms with E-state index >= 15 is 0 Å². The molecule has 18 nitrogen and oxygen atoms in total. The maximum absolute atomic E-state index is 11.9. The van der Waals surface area contributed by atoms with Gasteiger partial charge in [-0.2, -0.15) is 0 Å². The number of fused-ring (bicyclic) bond motifs is 15. The average Bonchev–Trinajstić information content (AvgIpc) is 0.731. The number of carboxylic acids is 4. The fraction of sp³-hybridized carbons (Fsp3) is 0.577. The molecule has 5 heterocycles. The summed E-state index contributed by atoms with van der Waals surface area (Å²) in [5.41, 5.74) is 12.6. The zero-order valence-corrected chi connectivity index (χ0v) is 76.2. The van der Waals surface area contributed by atoms with Crippen molar-refractivity contribution in [3.05, 3.63) is 173 Å². The smallest absolute Gasteiger partial charge is 0.339 e. The van der Waals surface area contributed by atoms with Gasteiger partial charge in [-0.3, -0.25) is 0 Å².